The Balaban J connectivity index is 4.13. The number of rotatable bonds is 3. The zero-order valence-corrected chi connectivity index (χ0v) is 7.71. The van der Waals surface area contributed by atoms with Crippen molar-refractivity contribution in [3.8, 4) is 0 Å². The van der Waals surface area contributed by atoms with Gasteiger partial charge in [0.15, 0.2) is 0 Å². The summed E-state index contributed by atoms with van der Waals surface area (Å²) in [5.74, 6) is 0. The van der Waals surface area contributed by atoms with Crippen LogP contribution in [0, 0.1) is 5.41 Å². The van der Waals surface area contributed by atoms with Crippen LogP contribution in [0.25, 0.3) is 0 Å². The molecule has 0 fully saturated rings. The quantitative estimate of drug-likeness (QED) is 0.701. The summed E-state index contributed by atoms with van der Waals surface area (Å²) in [7, 11) is 0. The fourth-order valence-electron chi connectivity index (χ4n) is 0.579. The van der Waals surface area contributed by atoms with Crippen molar-refractivity contribution in [3.05, 3.63) is 0 Å². The Morgan fingerprint density at radius 3 is 2.00 bits per heavy atom. The van der Waals surface area contributed by atoms with Crippen molar-refractivity contribution in [2.45, 2.75) is 31.8 Å². The Hall–Kier alpha value is 0.0400. The Morgan fingerprint density at radius 1 is 1.33 bits per heavy atom. The molecule has 0 aromatic rings. The molecule has 1 nitrogen and oxygen atoms in total. The zero-order valence-electron chi connectivity index (χ0n) is 6.95. The van der Waals surface area contributed by atoms with Gasteiger partial charge in [-0.2, -0.15) is 13.2 Å². The van der Waals surface area contributed by atoms with Gasteiger partial charge in [-0.05, 0) is 0 Å². The monoisotopic (exact) mass is 204 g/mol. The van der Waals surface area contributed by atoms with Crippen LogP contribution in [0.3, 0.4) is 0 Å². The lowest BCUT2D eigenvalue weighted by atomic mass is 9.88. The SMILES string of the molecule is CC(C)(CO)C(Cl)CC(F)(F)F. The van der Waals surface area contributed by atoms with Crippen LogP contribution in [0.1, 0.15) is 20.3 Å². The normalized spacial score (nSPS) is 16.2. The van der Waals surface area contributed by atoms with Crippen LogP contribution >= 0.6 is 11.6 Å². The van der Waals surface area contributed by atoms with E-state index < -0.39 is 23.4 Å². The molecule has 0 spiro atoms. The van der Waals surface area contributed by atoms with Gasteiger partial charge >= 0.3 is 6.18 Å². The molecule has 12 heavy (non-hydrogen) atoms. The van der Waals surface area contributed by atoms with Crippen LogP contribution in [0.2, 0.25) is 0 Å². The third-order valence-corrected chi connectivity index (χ3v) is 2.41. The fraction of sp³-hybridized carbons (Fsp3) is 1.00. The van der Waals surface area contributed by atoms with Crippen molar-refractivity contribution in [1.29, 1.82) is 0 Å². The fourth-order valence-corrected chi connectivity index (χ4v) is 0.823. The number of aliphatic hydroxyl groups excluding tert-OH is 1. The van der Waals surface area contributed by atoms with Gasteiger partial charge in [0.2, 0.25) is 0 Å². The minimum atomic E-state index is -4.27. The van der Waals surface area contributed by atoms with Crippen molar-refractivity contribution in [2.24, 2.45) is 5.41 Å². The minimum absolute atomic E-state index is 0.350. The molecule has 0 radical (unpaired) electrons. The summed E-state index contributed by atoms with van der Waals surface area (Å²) in [4.78, 5) is 0. The van der Waals surface area contributed by atoms with E-state index in [2.05, 4.69) is 0 Å². The van der Waals surface area contributed by atoms with Crippen molar-refractivity contribution >= 4 is 11.6 Å². The highest BCUT2D eigenvalue weighted by atomic mass is 35.5. The largest absolute Gasteiger partial charge is 0.396 e. The highest BCUT2D eigenvalue weighted by Crippen LogP contribution is 2.34. The summed E-state index contributed by atoms with van der Waals surface area (Å²) in [6.07, 6.45) is -5.33. The Morgan fingerprint density at radius 2 is 1.75 bits per heavy atom. The number of aliphatic hydroxyl groups is 1. The molecule has 0 heterocycles. The lowest BCUT2D eigenvalue weighted by molar-refractivity contribution is -0.139. The van der Waals surface area contributed by atoms with Gasteiger partial charge in [-0.25, -0.2) is 0 Å². The molecule has 5 heteroatoms. The van der Waals surface area contributed by atoms with Gasteiger partial charge in [-0.1, -0.05) is 13.8 Å². The second kappa shape index (κ2) is 3.83. The molecule has 1 unspecified atom stereocenters. The molecule has 0 saturated carbocycles. The first-order valence-electron chi connectivity index (χ1n) is 3.51. The maximum Gasteiger partial charge on any atom is 0.390 e. The van der Waals surface area contributed by atoms with Gasteiger partial charge < -0.3 is 5.11 Å². The summed E-state index contributed by atoms with van der Waals surface area (Å²) in [5.41, 5.74) is -0.892. The molecular formula is C7H12ClF3O. The van der Waals surface area contributed by atoms with E-state index in [1.165, 1.54) is 13.8 Å². The zero-order chi connectivity index (χ0) is 9.99. The number of halogens is 4. The van der Waals surface area contributed by atoms with E-state index in [1.54, 1.807) is 0 Å². The van der Waals surface area contributed by atoms with E-state index in [-0.39, 0.29) is 6.61 Å². The van der Waals surface area contributed by atoms with Gasteiger partial charge in [-0.15, -0.1) is 11.6 Å². The van der Waals surface area contributed by atoms with Gasteiger partial charge in [0.1, 0.15) is 0 Å². The number of hydrogen-bond donors (Lipinski definition) is 1. The minimum Gasteiger partial charge on any atom is -0.396 e. The Labute approximate surface area is 74.5 Å². The second-order valence-corrected chi connectivity index (χ2v) is 3.96. The smallest absolute Gasteiger partial charge is 0.390 e. The van der Waals surface area contributed by atoms with Crippen LogP contribution < -0.4 is 0 Å². The Kier molecular flexibility index (Phi) is 3.85. The van der Waals surface area contributed by atoms with Crippen LogP contribution in [0.15, 0.2) is 0 Å². The van der Waals surface area contributed by atoms with Gasteiger partial charge in [0.25, 0.3) is 0 Å². The molecule has 74 valence electrons. The van der Waals surface area contributed by atoms with Crippen molar-refractivity contribution in [1.82, 2.24) is 0 Å². The molecule has 0 aromatic carbocycles. The lowest BCUT2D eigenvalue weighted by Gasteiger charge is -2.28. The van der Waals surface area contributed by atoms with Gasteiger partial charge in [0.05, 0.1) is 6.42 Å². The molecule has 0 saturated heterocycles. The van der Waals surface area contributed by atoms with E-state index in [1.807, 2.05) is 0 Å². The first-order chi connectivity index (χ1) is 5.19. The lowest BCUT2D eigenvalue weighted by Crippen LogP contribution is -2.32. The van der Waals surface area contributed by atoms with Gasteiger partial charge in [0, 0.05) is 17.4 Å². The Bertz CT molecular complexity index is 144. The summed E-state index contributed by atoms with van der Waals surface area (Å²) >= 11 is 5.48. The molecule has 0 aliphatic heterocycles. The van der Waals surface area contributed by atoms with E-state index in [9.17, 15) is 13.2 Å². The molecule has 1 N–H and O–H groups in total. The maximum atomic E-state index is 11.8. The average molecular weight is 205 g/mol. The standard InChI is InChI=1S/C7H12ClF3O/c1-6(2,4-12)5(8)3-7(9,10)11/h5,12H,3-4H2,1-2H3. The van der Waals surface area contributed by atoms with Crippen LogP contribution in [0.4, 0.5) is 13.2 Å². The first kappa shape index (κ1) is 12.0. The molecule has 0 amide bonds. The molecule has 0 aliphatic carbocycles. The molecule has 1 atom stereocenters. The predicted octanol–water partition coefficient (Wildman–Crippen LogP) is 2.56. The van der Waals surface area contributed by atoms with Crippen molar-refractivity contribution < 1.29 is 18.3 Å². The molecule has 0 aromatic heterocycles. The predicted molar refractivity (Wildman–Crippen MR) is 41.2 cm³/mol. The van der Waals surface area contributed by atoms with Crippen LogP contribution in [-0.4, -0.2) is 23.3 Å². The summed E-state index contributed by atoms with van der Waals surface area (Å²) in [5, 5.41) is 7.63. The third-order valence-electron chi connectivity index (χ3n) is 1.67. The van der Waals surface area contributed by atoms with Crippen LogP contribution in [-0.2, 0) is 0 Å². The molecule has 0 rings (SSSR count). The molecule has 0 bridgehead atoms. The highest BCUT2D eigenvalue weighted by molar-refractivity contribution is 6.21. The maximum absolute atomic E-state index is 11.8. The number of hydrogen-bond acceptors (Lipinski definition) is 1. The van der Waals surface area contributed by atoms with E-state index in [0.29, 0.717) is 0 Å². The molecular weight excluding hydrogens is 193 g/mol. The van der Waals surface area contributed by atoms with E-state index in [0.717, 1.165) is 0 Å². The highest BCUT2D eigenvalue weighted by Gasteiger charge is 2.38. The van der Waals surface area contributed by atoms with E-state index in [4.69, 9.17) is 16.7 Å². The van der Waals surface area contributed by atoms with Crippen molar-refractivity contribution in [2.75, 3.05) is 6.61 Å². The summed E-state index contributed by atoms with van der Waals surface area (Å²) in [6.45, 7) is 2.64. The molecule has 0 aliphatic rings. The van der Waals surface area contributed by atoms with E-state index >= 15 is 0 Å². The topological polar surface area (TPSA) is 20.2 Å². The second-order valence-electron chi connectivity index (χ2n) is 3.43. The van der Waals surface area contributed by atoms with Crippen molar-refractivity contribution in [3.63, 3.8) is 0 Å². The summed E-state index contributed by atoms with van der Waals surface area (Å²) < 4.78 is 35.4. The summed E-state index contributed by atoms with van der Waals surface area (Å²) in [6, 6.07) is 0. The van der Waals surface area contributed by atoms with Crippen LogP contribution in [0.5, 0.6) is 0 Å². The van der Waals surface area contributed by atoms with Gasteiger partial charge in [-0.3, -0.25) is 0 Å². The first-order valence-corrected chi connectivity index (χ1v) is 3.94. The average Bonchev–Trinajstić information content (AvgIpc) is 1.84. The number of alkyl halides is 4. The third kappa shape index (κ3) is 4.16.